The molecule has 1 unspecified atom stereocenters. The summed E-state index contributed by atoms with van der Waals surface area (Å²) in [5.74, 6) is 1.15. The smallest absolute Gasteiger partial charge is 0.245 e. The van der Waals surface area contributed by atoms with E-state index < -0.39 is 11.3 Å². The molecule has 11 nitrogen and oxygen atoms in total. The summed E-state index contributed by atoms with van der Waals surface area (Å²) >= 11 is -2.10. The zero-order chi connectivity index (χ0) is 23.8. The number of nitrogens with zero attached hydrogens (tertiary/aromatic N) is 6. The molecule has 34 heavy (non-hydrogen) atoms. The lowest BCUT2D eigenvalue weighted by Crippen LogP contribution is -2.21. The molecule has 1 aliphatic heterocycles. The molecule has 0 spiro atoms. The van der Waals surface area contributed by atoms with Crippen LogP contribution in [0.3, 0.4) is 0 Å². The van der Waals surface area contributed by atoms with Gasteiger partial charge in [-0.1, -0.05) is 0 Å². The third kappa shape index (κ3) is 4.21. The molecular formula is C22H22N8O3S. The number of fused-ring (bicyclic) bond motifs is 2. The van der Waals surface area contributed by atoms with Crippen LogP contribution in [0.2, 0.25) is 0 Å². The number of likely N-dealkylation sites (N-methyl/N-ethyl adjacent to an activating group) is 1. The van der Waals surface area contributed by atoms with Crippen molar-refractivity contribution in [3.8, 4) is 0 Å². The summed E-state index contributed by atoms with van der Waals surface area (Å²) in [5, 5.41) is 11.1. The highest BCUT2D eigenvalue weighted by atomic mass is 32.2. The maximum atomic E-state index is 12.0. The van der Waals surface area contributed by atoms with Crippen LogP contribution in [0.1, 0.15) is 11.3 Å². The van der Waals surface area contributed by atoms with Crippen molar-refractivity contribution in [3.63, 3.8) is 0 Å². The first-order valence-electron chi connectivity index (χ1n) is 10.4. The van der Waals surface area contributed by atoms with E-state index in [1.54, 1.807) is 42.0 Å². The number of carbonyl (C=O) groups is 1. The highest BCUT2D eigenvalue weighted by Gasteiger charge is 2.24. The Labute approximate surface area is 197 Å². The van der Waals surface area contributed by atoms with Crippen LogP contribution in [-0.2, 0) is 29.0 Å². The number of carbonyl (C=O) groups excluding carboxylic acids is 1. The molecular weight excluding hydrogens is 456 g/mol. The minimum absolute atomic E-state index is 0.0686. The molecule has 12 heteroatoms. The molecule has 1 aliphatic rings. The summed E-state index contributed by atoms with van der Waals surface area (Å²) in [6.45, 7) is 0.188. The monoisotopic (exact) mass is 478 g/mol. The van der Waals surface area contributed by atoms with Gasteiger partial charge in [0.15, 0.2) is 0 Å². The number of hydrogen-bond acceptors (Lipinski definition) is 7. The van der Waals surface area contributed by atoms with Gasteiger partial charge in [0.05, 0.1) is 36.1 Å². The van der Waals surface area contributed by atoms with Crippen molar-refractivity contribution in [1.82, 2.24) is 23.9 Å². The molecule has 5 rings (SSSR count). The summed E-state index contributed by atoms with van der Waals surface area (Å²) in [4.78, 5) is 22.3. The van der Waals surface area contributed by atoms with Crippen molar-refractivity contribution in [3.05, 3.63) is 66.1 Å². The van der Waals surface area contributed by atoms with E-state index in [0.717, 1.165) is 22.5 Å². The van der Waals surface area contributed by atoms with Gasteiger partial charge in [0, 0.05) is 31.7 Å². The van der Waals surface area contributed by atoms with Crippen molar-refractivity contribution in [1.29, 1.82) is 0 Å². The van der Waals surface area contributed by atoms with Gasteiger partial charge >= 0.3 is 0 Å². The Morgan fingerprint density at radius 3 is 2.85 bits per heavy atom. The fourth-order valence-electron chi connectivity index (χ4n) is 3.81. The highest BCUT2D eigenvalue weighted by molar-refractivity contribution is 7.76. The summed E-state index contributed by atoms with van der Waals surface area (Å²) < 4.78 is 23.6. The largest absolute Gasteiger partial charge is 0.339 e. The molecule has 1 amide bonds. The Kier molecular flexibility index (Phi) is 5.69. The van der Waals surface area contributed by atoms with Gasteiger partial charge in [-0.05, 0) is 48.0 Å². The van der Waals surface area contributed by atoms with Crippen LogP contribution in [0.4, 0.5) is 28.8 Å². The number of anilines is 5. The number of amides is 1. The van der Waals surface area contributed by atoms with Gasteiger partial charge in [-0.3, -0.25) is 14.3 Å². The average Bonchev–Trinajstić information content (AvgIpc) is 3.34. The molecule has 0 aliphatic carbocycles. The minimum Gasteiger partial charge on any atom is -0.339 e. The summed E-state index contributed by atoms with van der Waals surface area (Å²) in [6, 6.07) is 13.1. The molecule has 0 bridgehead atoms. The van der Waals surface area contributed by atoms with Crippen LogP contribution < -0.4 is 15.5 Å². The van der Waals surface area contributed by atoms with Crippen LogP contribution in [-0.4, -0.2) is 52.7 Å². The van der Waals surface area contributed by atoms with Crippen molar-refractivity contribution in [2.24, 2.45) is 0 Å². The first-order valence-corrected chi connectivity index (χ1v) is 11.5. The van der Waals surface area contributed by atoms with Crippen molar-refractivity contribution >= 4 is 51.5 Å². The summed E-state index contributed by atoms with van der Waals surface area (Å²) in [6.07, 6.45) is 3.72. The number of nitrogens with one attached hydrogen (secondary N) is 2. The topological polar surface area (TPSA) is 128 Å². The molecule has 3 aromatic heterocycles. The molecule has 174 valence electrons. The van der Waals surface area contributed by atoms with Gasteiger partial charge in [-0.2, -0.15) is 4.31 Å². The SMILES string of the molecule is CN1C(=O)Cc2cc(Nc3ncc4ccc(Nc5cccnc5CN(C)S(=O)O)n4n3)ccc21. The van der Waals surface area contributed by atoms with Crippen LogP contribution in [0, 0.1) is 0 Å². The quantitative estimate of drug-likeness (QED) is 0.346. The predicted molar refractivity (Wildman–Crippen MR) is 130 cm³/mol. The third-order valence-electron chi connectivity index (χ3n) is 5.60. The van der Waals surface area contributed by atoms with E-state index in [2.05, 4.69) is 25.7 Å². The first-order chi connectivity index (χ1) is 16.4. The van der Waals surface area contributed by atoms with E-state index in [9.17, 15) is 13.6 Å². The molecule has 3 N–H and O–H groups in total. The van der Waals surface area contributed by atoms with E-state index in [4.69, 9.17) is 0 Å². The van der Waals surface area contributed by atoms with Crippen LogP contribution in [0.25, 0.3) is 5.52 Å². The van der Waals surface area contributed by atoms with Crippen molar-refractivity contribution in [2.45, 2.75) is 13.0 Å². The van der Waals surface area contributed by atoms with Gasteiger partial charge in [0.25, 0.3) is 0 Å². The zero-order valence-electron chi connectivity index (χ0n) is 18.5. The van der Waals surface area contributed by atoms with Crippen molar-refractivity contribution < 1.29 is 13.6 Å². The Hall–Kier alpha value is -3.87. The van der Waals surface area contributed by atoms with E-state index in [1.807, 2.05) is 36.4 Å². The number of rotatable bonds is 7. The second kappa shape index (κ2) is 8.82. The molecule has 4 aromatic rings. The number of aromatic nitrogens is 4. The molecule has 0 saturated heterocycles. The lowest BCUT2D eigenvalue weighted by atomic mass is 10.1. The first kappa shape index (κ1) is 21.9. The van der Waals surface area contributed by atoms with Gasteiger partial charge in [0.2, 0.25) is 23.1 Å². The van der Waals surface area contributed by atoms with E-state index in [0.29, 0.717) is 29.6 Å². The van der Waals surface area contributed by atoms with E-state index in [-0.39, 0.29) is 12.5 Å². The summed E-state index contributed by atoms with van der Waals surface area (Å²) in [7, 11) is 3.31. The maximum absolute atomic E-state index is 12.0. The fraction of sp³-hybridized carbons (Fsp3) is 0.182. The number of benzene rings is 1. The number of pyridine rings is 1. The second-order valence-electron chi connectivity index (χ2n) is 7.87. The Morgan fingerprint density at radius 1 is 1.18 bits per heavy atom. The maximum Gasteiger partial charge on any atom is 0.245 e. The van der Waals surface area contributed by atoms with Crippen LogP contribution >= 0.6 is 0 Å². The minimum atomic E-state index is -2.10. The van der Waals surface area contributed by atoms with E-state index in [1.165, 1.54) is 4.31 Å². The number of hydrogen-bond donors (Lipinski definition) is 3. The van der Waals surface area contributed by atoms with Gasteiger partial charge in [0.1, 0.15) is 5.82 Å². The Morgan fingerprint density at radius 2 is 2.03 bits per heavy atom. The van der Waals surface area contributed by atoms with Crippen LogP contribution in [0.5, 0.6) is 0 Å². The predicted octanol–water partition coefficient (Wildman–Crippen LogP) is 2.70. The average molecular weight is 479 g/mol. The molecule has 0 fully saturated rings. The van der Waals surface area contributed by atoms with E-state index >= 15 is 0 Å². The van der Waals surface area contributed by atoms with Crippen LogP contribution in [0.15, 0.2) is 54.9 Å². The lowest BCUT2D eigenvalue weighted by Gasteiger charge is -2.15. The normalized spacial score (nSPS) is 14.0. The third-order valence-corrected chi connectivity index (χ3v) is 6.27. The molecule has 0 radical (unpaired) electrons. The Bertz CT molecular complexity index is 1420. The Balaban J connectivity index is 1.40. The lowest BCUT2D eigenvalue weighted by molar-refractivity contribution is -0.117. The van der Waals surface area contributed by atoms with Crippen molar-refractivity contribution in [2.75, 3.05) is 29.6 Å². The van der Waals surface area contributed by atoms with Gasteiger partial charge in [-0.25, -0.2) is 13.7 Å². The summed E-state index contributed by atoms with van der Waals surface area (Å²) in [5.41, 5.74) is 4.75. The molecule has 1 aromatic carbocycles. The highest BCUT2D eigenvalue weighted by Crippen LogP contribution is 2.31. The fourth-order valence-corrected chi connectivity index (χ4v) is 4.05. The molecule has 1 atom stereocenters. The zero-order valence-corrected chi connectivity index (χ0v) is 19.3. The van der Waals surface area contributed by atoms with Gasteiger partial charge < -0.3 is 15.5 Å². The molecule has 4 heterocycles. The standard InChI is InChI=1S/C22H22N8O3S/c1-28(34(32)33)13-18-17(4-3-9-23-18)26-20-8-6-16-12-24-22(27-30(16)20)25-15-5-7-19-14(10-15)11-21(31)29(19)2/h3-10,12,26H,11,13H2,1-2H3,(H,25,27)(H,32,33). The molecule has 0 saturated carbocycles. The van der Waals surface area contributed by atoms with Gasteiger partial charge in [-0.15, -0.1) is 5.10 Å². The second-order valence-corrected chi connectivity index (χ2v) is 8.96.